The number of likely N-dealkylation sites (N-methyl/N-ethyl adjacent to an activating group) is 3. The zero-order valence-corrected chi connectivity index (χ0v) is 42.9. The second-order valence-corrected chi connectivity index (χ2v) is 19.8. The van der Waals surface area contributed by atoms with Crippen LogP contribution in [0.3, 0.4) is 0 Å². The molecule has 6 aromatic rings. The highest BCUT2D eigenvalue weighted by molar-refractivity contribution is 6.06. The molecule has 17 nitrogen and oxygen atoms in total. The maximum atomic E-state index is 13.1. The number of piperidine rings is 3. The maximum Gasteiger partial charge on any atom is 0.322 e. The lowest BCUT2D eigenvalue weighted by molar-refractivity contribution is -0.136. The largest absolute Gasteiger partial charge is 0.459 e. The third-order valence-electron chi connectivity index (χ3n) is 14.1. The summed E-state index contributed by atoms with van der Waals surface area (Å²) in [6, 6.07) is 22.2. The number of rotatable bonds is 16. The number of nitrogens with one attached hydrogen (secondary N) is 3. The van der Waals surface area contributed by atoms with Crippen molar-refractivity contribution in [2.75, 3.05) is 82.1 Å². The Morgan fingerprint density at radius 1 is 0.972 bits per heavy atom. The summed E-state index contributed by atoms with van der Waals surface area (Å²) >= 11 is 0. The number of aldehydes is 1. The fraction of sp³-hybridized carbons (Fsp3) is 0.455. The van der Waals surface area contributed by atoms with Gasteiger partial charge in [0.05, 0.1) is 17.5 Å². The Morgan fingerprint density at radius 3 is 2.50 bits per heavy atom. The molecule has 9 rings (SSSR count). The van der Waals surface area contributed by atoms with Gasteiger partial charge in [-0.2, -0.15) is 19.6 Å². The van der Waals surface area contributed by atoms with Gasteiger partial charge in [-0.15, -0.1) is 0 Å². The summed E-state index contributed by atoms with van der Waals surface area (Å²) in [4.78, 5) is 70.5. The predicted molar refractivity (Wildman–Crippen MR) is 283 cm³/mol. The molecule has 380 valence electrons. The standard InChI is InChI=1S/C35H42N8O.C20H28N4O4/c1-23(2)31-22-39-43-33(31)40-35(44-28-8-6-15-36-21-28)41-34(43)38-20-26-7-4-5-9-29(26)32-30-11-10-27(19-25(30)12-16-37-32)42-17-13-24(3)14-18-42;1-5-24(11-10-22(2)3)15-7-6-14(13-25)16(12-15)20(28)23(4)17-8-9-18(26)21-19(17)27/h4-5,7,9-12,16,19,22-24,28,36H,6,8,13-15,17-18,20-21H2,1-3H3,(H,38,40,41);6-7,12-13,17H,5,8-11H2,1-4H3,(H,21,26,27)/t28-;/m1./s1. The lowest BCUT2D eigenvalue weighted by Crippen LogP contribution is -2.53. The Hall–Kier alpha value is -6.98. The molecule has 17 heteroatoms. The summed E-state index contributed by atoms with van der Waals surface area (Å²) in [6.07, 6.45) is 9.55. The molecule has 3 saturated heterocycles. The molecule has 3 aromatic heterocycles. The van der Waals surface area contributed by atoms with Crippen molar-refractivity contribution < 1.29 is 23.9 Å². The van der Waals surface area contributed by atoms with E-state index in [4.69, 9.17) is 19.7 Å². The number of pyridine rings is 1. The van der Waals surface area contributed by atoms with Crippen molar-refractivity contribution in [3.63, 3.8) is 0 Å². The van der Waals surface area contributed by atoms with Crippen LogP contribution in [0.5, 0.6) is 6.01 Å². The fourth-order valence-electron chi connectivity index (χ4n) is 9.64. The first kappa shape index (κ1) is 51.4. The molecule has 3 N–H and O–H groups in total. The molecule has 1 unspecified atom stereocenters. The fourth-order valence-corrected chi connectivity index (χ4v) is 9.64. The van der Waals surface area contributed by atoms with Gasteiger partial charge in [-0.05, 0) is 119 Å². The molecular weight excluding hydrogens is 909 g/mol. The normalized spacial score (nSPS) is 17.4. The first-order valence-electron chi connectivity index (χ1n) is 25.5. The molecule has 0 bridgehead atoms. The number of ether oxygens (including phenoxy) is 1. The SMILES string of the molecule is CC1CCN(c2ccc3c(-c4ccccc4CNc4nc(O[C@@H]5CCCNC5)nc5c(C(C)C)cnn45)nccc3c2)CC1.CCN(CCN(C)C)c1ccc(C=O)c(C(=O)N(C)C2CCC(=O)NC2=O)c1. The molecule has 0 spiro atoms. The lowest BCUT2D eigenvalue weighted by atomic mass is 9.97. The van der Waals surface area contributed by atoms with Crippen LogP contribution in [-0.2, 0) is 16.1 Å². The van der Waals surface area contributed by atoms with E-state index in [1.54, 1.807) is 16.6 Å². The molecule has 2 atom stereocenters. The summed E-state index contributed by atoms with van der Waals surface area (Å²) < 4.78 is 8.08. The molecule has 3 aliphatic rings. The smallest absolute Gasteiger partial charge is 0.322 e. The first-order chi connectivity index (χ1) is 34.8. The van der Waals surface area contributed by atoms with Crippen molar-refractivity contribution in [1.29, 1.82) is 0 Å². The zero-order chi connectivity index (χ0) is 50.9. The predicted octanol–water partition coefficient (Wildman–Crippen LogP) is 7.21. The molecule has 0 aliphatic carbocycles. The van der Waals surface area contributed by atoms with Crippen molar-refractivity contribution in [3.05, 3.63) is 101 Å². The van der Waals surface area contributed by atoms with E-state index in [0.29, 0.717) is 24.8 Å². The zero-order valence-electron chi connectivity index (χ0n) is 42.9. The molecule has 6 heterocycles. The molecule has 3 aliphatic heterocycles. The first-order valence-corrected chi connectivity index (χ1v) is 25.5. The van der Waals surface area contributed by atoms with Gasteiger partial charge in [-0.25, -0.2) is 0 Å². The van der Waals surface area contributed by atoms with Crippen molar-refractivity contribution in [2.45, 2.75) is 90.8 Å². The number of hydrogen-bond donors (Lipinski definition) is 3. The third kappa shape index (κ3) is 12.0. The number of hydrogen-bond acceptors (Lipinski definition) is 14. The van der Waals surface area contributed by atoms with E-state index in [-0.39, 0.29) is 41.9 Å². The van der Waals surface area contributed by atoms with Crippen LogP contribution in [0.15, 0.2) is 79.1 Å². The summed E-state index contributed by atoms with van der Waals surface area (Å²) in [5, 5.41) is 16.3. The highest BCUT2D eigenvalue weighted by atomic mass is 16.5. The average Bonchev–Trinajstić information content (AvgIpc) is 3.83. The van der Waals surface area contributed by atoms with Crippen LogP contribution in [0.2, 0.25) is 0 Å². The third-order valence-corrected chi connectivity index (χ3v) is 14.1. The van der Waals surface area contributed by atoms with E-state index >= 15 is 0 Å². The van der Waals surface area contributed by atoms with Gasteiger partial charge < -0.3 is 35.0 Å². The van der Waals surface area contributed by atoms with Gasteiger partial charge in [-0.1, -0.05) is 51.1 Å². The molecule has 3 amide bonds. The van der Waals surface area contributed by atoms with Gasteiger partial charge in [0, 0.05) is 98.9 Å². The lowest BCUT2D eigenvalue weighted by Gasteiger charge is -2.32. The molecular formula is C55H70N12O5. The van der Waals surface area contributed by atoms with Crippen molar-refractivity contribution >= 4 is 57.8 Å². The number of amides is 3. The number of fused-ring (bicyclic) bond motifs is 2. The summed E-state index contributed by atoms with van der Waals surface area (Å²) in [6.45, 7) is 15.7. The van der Waals surface area contributed by atoms with E-state index in [1.807, 2.05) is 39.5 Å². The van der Waals surface area contributed by atoms with E-state index in [9.17, 15) is 19.2 Å². The Kier molecular flexibility index (Phi) is 16.8. The number of benzene rings is 3. The van der Waals surface area contributed by atoms with Gasteiger partial charge in [0.25, 0.3) is 5.91 Å². The van der Waals surface area contributed by atoms with Crippen LogP contribution >= 0.6 is 0 Å². The number of anilines is 3. The van der Waals surface area contributed by atoms with E-state index in [1.165, 1.54) is 35.9 Å². The van der Waals surface area contributed by atoms with Gasteiger partial charge in [0.15, 0.2) is 11.9 Å². The van der Waals surface area contributed by atoms with Gasteiger partial charge in [0.1, 0.15) is 12.1 Å². The minimum absolute atomic E-state index is 0.0571. The van der Waals surface area contributed by atoms with Crippen LogP contribution in [0.4, 0.5) is 17.3 Å². The molecule has 0 saturated carbocycles. The number of carbonyl (C=O) groups excluding carboxylic acids is 4. The average molecular weight is 979 g/mol. The van der Waals surface area contributed by atoms with Crippen LogP contribution < -0.4 is 30.5 Å². The quantitative estimate of drug-likeness (QED) is 0.0654. The summed E-state index contributed by atoms with van der Waals surface area (Å²) in [7, 11) is 5.51. The van der Waals surface area contributed by atoms with Crippen LogP contribution in [0.25, 0.3) is 27.7 Å². The Bertz CT molecular complexity index is 2870. The second-order valence-electron chi connectivity index (χ2n) is 19.8. The van der Waals surface area contributed by atoms with Crippen LogP contribution in [-0.4, -0.2) is 137 Å². The summed E-state index contributed by atoms with van der Waals surface area (Å²) in [5.74, 6) is 0.458. The minimum Gasteiger partial charge on any atom is -0.459 e. The van der Waals surface area contributed by atoms with E-state index < -0.39 is 17.9 Å². The number of nitrogens with zero attached hydrogens (tertiary/aromatic N) is 9. The highest BCUT2D eigenvalue weighted by Gasteiger charge is 2.33. The van der Waals surface area contributed by atoms with Gasteiger partial charge in [0.2, 0.25) is 17.8 Å². The van der Waals surface area contributed by atoms with E-state index in [0.717, 1.165) is 104 Å². The Balaban J connectivity index is 0.000000215. The second kappa shape index (κ2) is 23.5. The highest BCUT2D eigenvalue weighted by Crippen LogP contribution is 2.34. The van der Waals surface area contributed by atoms with Crippen molar-refractivity contribution in [2.24, 2.45) is 5.92 Å². The molecule has 0 radical (unpaired) electrons. The van der Waals surface area contributed by atoms with Crippen LogP contribution in [0, 0.1) is 5.92 Å². The van der Waals surface area contributed by atoms with Crippen LogP contribution in [0.1, 0.15) is 104 Å². The number of carbonyl (C=O) groups is 4. The molecule has 72 heavy (non-hydrogen) atoms. The van der Waals surface area contributed by atoms with Crippen molar-refractivity contribution in [3.8, 4) is 17.3 Å². The monoisotopic (exact) mass is 979 g/mol. The van der Waals surface area contributed by atoms with Gasteiger partial charge in [-0.3, -0.25) is 29.5 Å². The topological polar surface area (TPSA) is 183 Å². The maximum absolute atomic E-state index is 13.1. The van der Waals surface area contributed by atoms with Gasteiger partial charge >= 0.3 is 6.01 Å². The molecule has 3 fully saturated rings. The van der Waals surface area contributed by atoms with E-state index in [2.05, 4.69) is 105 Å². The minimum atomic E-state index is -0.732. The number of aromatic nitrogens is 5. The Morgan fingerprint density at radius 2 is 1.78 bits per heavy atom. The summed E-state index contributed by atoms with van der Waals surface area (Å²) in [5.41, 5.74) is 7.73. The van der Waals surface area contributed by atoms with Crippen molar-refractivity contribution in [1.82, 2.24) is 45.0 Å². The number of imide groups is 1. The Labute approximate surface area is 422 Å². The molecule has 3 aromatic carbocycles.